The van der Waals surface area contributed by atoms with Crippen molar-refractivity contribution >= 4 is 11.4 Å². The van der Waals surface area contributed by atoms with Gasteiger partial charge in [0.05, 0.1) is 12.0 Å². The number of nitrogens with zero attached hydrogens (tertiary/aromatic N) is 3. The van der Waals surface area contributed by atoms with E-state index in [1.54, 1.807) is 6.07 Å². The molecule has 21 heavy (non-hydrogen) atoms. The molecule has 0 unspecified atom stereocenters. The van der Waals surface area contributed by atoms with E-state index >= 15 is 0 Å². The average Bonchev–Trinajstić information content (AvgIpc) is 2.45. The molecule has 1 heterocycles. The molecular weight excluding hydrogens is 270 g/mol. The molecule has 114 valence electrons. The predicted octanol–water partition coefficient (Wildman–Crippen LogP) is 2.28. The fourth-order valence-electron chi connectivity index (χ4n) is 3.11. The van der Waals surface area contributed by atoms with E-state index < -0.39 is 4.92 Å². The lowest BCUT2D eigenvalue weighted by molar-refractivity contribution is -0.385. The van der Waals surface area contributed by atoms with E-state index in [-0.39, 0.29) is 5.69 Å². The van der Waals surface area contributed by atoms with Crippen LogP contribution >= 0.6 is 0 Å². The summed E-state index contributed by atoms with van der Waals surface area (Å²) in [4.78, 5) is 15.4. The summed E-state index contributed by atoms with van der Waals surface area (Å²) in [5, 5.41) is 10.9. The number of nitro groups is 1. The first-order valence-corrected chi connectivity index (χ1v) is 7.50. The average molecular weight is 291 g/mol. The first kappa shape index (κ1) is 14.1. The van der Waals surface area contributed by atoms with Gasteiger partial charge in [-0.2, -0.15) is 0 Å². The molecule has 1 aromatic carbocycles. The van der Waals surface area contributed by atoms with Crippen molar-refractivity contribution in [2.24, 2.45) is 0 Å². The van der Waals surface area contributed by atoms with Gasteiger partial charge in [0.25, 0.3) is 0 Å². The first-order chi connectivity index (χ1) is 10.2. The normalized spacial score (nSPS) is 20.1. The molecule has 0 atom stereocenters. The zero-order valence-electron chi connectivity index (χ0n) is 12.3. The molecule has 0 spiro atoms. The van der Waals surface area contributed by atoms with Crippen molar-refractivity contribution in [3.63, 3.8) is 0 Å². The Balaban J connectivity index is 1.68. The van der Waals surface area contributed by atoms with Crippen LogP contribution in [-0.2, 0) is 0 Å². The monoisotopic (exact) mass is 291 g/mol. The Bertz CT molecular complexity index is 523. The summed E-state index contributed by atoms with van der Waals surface area (Å²) in [7, 11) is 1.47. The molecule has 1 aliphatic carbocycles. The highest BCUT2D eigenvalue weighted by atomic mass is 16.6. The van der Waals surface area contributed by atoms with Crippen LogP contribution in [0, 0.1) is 10.1 Å². The van der Waals surface area contributed by atoms with Crippen molar-refractivity contribution in [3.05, 3.63) is 28.3 Å². The third kappa shape index (κ3) is 2.81. The highest BCUT2D eigenvalue weighted by Crippen LogP contribution is 2.32. The second-order valence-electron chi connectivity index (χ2n) is 5.72. The van der Waals surface area contributed by atoms with Crippen LogP contribution in [0.15, 0.2) is 18.2 Å². The maximum atomic E-state index is 10.9. The molecule has 1 aromatic rings. The molecule has 6 heteroatoms. The predicted molar refractivity (Wildman–Crippen MR) is 81.1 cm³/mol. The third-order valence-corrected chi connectivity index (χ3v) is 4.63. The number of anilines is 1. The van der Waals surface area contributed by atoms with Crippen LogP contribution in [0.4, 0.5) is 11.4 Å². The second-order valence-corrected chi connectivity index (χ2v) is 5.72. The van der Waals surface area contributed by atoms with E-state index in [1.807, 2.05) is 6.07 Å². The van der Waals surface area contributed by atoms with Gasteiger partial charge in [0, 0.05) is 50.0 Å². The van der Waals surface area contributed by atoms with E-state index in [9.17, 15) is 10.1 Å². The fourth-order valence-corrected chi connectivity index (χ4v) is 3.11. The highest BCUT2D eigenvalue weighted by Gasteiger charge is 2.28. The Kier molecular flexibility index (Phi) is 3.96. The minimum atomic E-state index is -0.406. The van der Waals surface area contributed by atoms with E-state index in [0.29, 0.717) is 5.75 Å². The Morgan fingerprint density at radius 3 is 2.48 bits per heavy atom. The van der Waals surface area contributed by atoms with Gasteiger partial charge in [-0.3, -0.25) is 15.0 Å². The summed E-state index contributed by atoms with van der Waals surface area (Å²) in [6.07, 6.45) is 4.04. The van der Waals surface area contributed by atoms with Gasteiger partial charge in [0.2, 0.25) is 0 Å². The quantitative estimate of drug-likeness (QED) is 0.629. The molecule has 6 nitrogen and oxygen atoms in total. The van der Waals surface area contributed by atoms with Crippen LogP contribution in [0.3, 0.4) is 0 Å². The maximum Gasteiger partial charge on any atom is 0.311 e. The van der Waals surface area contributed by atoms with Crippen LogP contribution in [0.1, 0.15) is 19.3 Å². The standard InChI is InChI=1S/C15H21N3O3/c1-21-15-11-13(5-6-14(15)18(19)20)17-9-7-16(8-10-17)12-3-2-4-12/h5-6,11-12H,2-4,7-10H2,1H3. The first-order valence-electron chi connectivity index (χ1n) is 7.50. The minimum absolute atomic E-state index is 0.0225. The van der Waals surface area contributed by atoms with Crippen LogP contribution in [0.2, 0.25) is 0 Å². The number of piperazine rings is 1. The van der Waals surface area contributed by atoms with Gasteiger partial charge in [-0.1, -0.05) is 6.42 Å². The second kappa shape index (κ2) is 5.89. The summed E-state index contributed by atoms with van der Waals surface area (Å²) in [5.74, 6) is 0.332. The number of ether oxygens (including phenoxy) is 1. The van der Waals surface area contributed by atoms with Crippen LogP contribution < -0.4 is 9.64 Å². The van der Waals surface area contributed by atoms with Gasteiger partial charge in [-0.25, -0.2) is 0 Å². The molecule has 2 fully saturated rings. The van der Waals surface area contributed by atoms with Crippen LogP contribution in [-0.4, -0.2) is 49.2 Å². The van der Waals surface area contributed by atoms with Crippen molar-refractivity contribution in [2.75, 3.05) is 38.2 Å². The molecular formula is C15H21N3O3. The zero-order valence-corrected chi connectivity index (χ0v) is 12.3. The van der Waals surface area contributed by atoms with Gasteiger partial charge in [0.15, 0.2) is 5.75 Å². The summed E-state index contributed by atoms with van der Waals surface area (Å²) in [5.41, 5.74) is 1.03. The van der Waals surface area contributed by atoms with Gasteiger partial charge < -0.3 is 9.64 Å². The lowest BCUT2D eigenvalue weighted by Crippen LogP contribution is -2.52. The molecule has 0 radical (unpaired) electrons. The Hall–Kier alpha value is -1.82. The molecule has 3 rings (SSSR count). The van der Waals surface area contributed by atoms with E-state index in [1.165, 1.54) is 32.4 Å². The molecule has 1 aliphatic heterocycles. The number of benzene rings is 1. The van der Waals surface area contributed by atoms with Crippen LogP contribution in [0.25, 0.3) is 0 Å². The molecule has 0 aromatic heterocycles. The lowest BCUT2D eigenvalue weighted by Gasteiger charge is -2.43. The Morgan fingerprint density at radius 2 is 1.95 bits per heavy atom. The van der Waals surface area contributed by atoms with Gasteiger partial charge >= 0.3 is 5.69 Å². The summed E-state index contributed by atoms with van der Waals surface area (Å²) in [6.45, 7) is 4.09. The van der Waals surface area contributed by atoms with Crippen LogP contribution in [0.5, 0.6) is 5.75 Å². The molecule has 0 N–H and O–H groups in total. The zero-order chi connectivity index (χ0) is 14.8. The number of hydrogen-bond acceptors (Lipinski definition) is 5. The molecule has 0 amide bonds. The summed E-state index contributed by atoms with van der Waals surface area (Å²) in [6, 6.07) is 5.92. The lowest BCUT2D eigenvalue weighted by atomic mass is 9.91. The van der Waals surface area contributed by atoms with Crippen molar-refractivity contribution in [1.82, 2.24) is 4.90 Å². The molecule has 2 aliphatic rings. The smallest absolute Gasteiger partial charge is 0.311 e. The molecule has 0 bridgehead atoms. The number of nitro benzene ring substituents is 1. The van der Waals surface area contributed by atoms with Crippen molar-refractivity contribution in [1.29, 1.82) is 0 Å². The Labute approximate surface area is 124 Å². The van der Waals surface area contributed by atoms with E-state index in [2.05, 4.69) is 9.80 Å². The largest absolute Gasteiger partial charge is 0.490 e. The Morgan fingerprint density at radius 1 is 1.24 bits per heavy atom. The summed E-state index contributed by atoms with van der Waals surface area (Å²) >= 11 is 0. The van der Waals surface area contributed by atoms with Gasteiger partial charge in [-0.05, 0) is 18.9 Å². The van der Waals surface area contributed by atoms with Gasteiger partial charge in [-0.15, -0.1) is 0 Å². The number of rotatable bonds is 4. The topological polar surface area (TPSA) is 58.8 Å². The van der Waals surface area contributed by atoms with Crippen molar-refractivity contribution in [3.8, 4) is 5.75 Å². The van der Waals surface area contributed by atoms with Crippen molar-refractivity contribution < 1.29 is 9.66 Å². The van der Waals surface area contributed by atoms with Crippen molar-refractivity contribution in [2.45, 2.75) is 25.3 Å². The van der Waals surface area contributed by atoms with E-state index in [4.69, 9.17) is 4.74 Å². The fraction of sp³-hybridized carbons (Fsp3) is 0.600. The maximum absolute atomic E-state index is 10.9. The number of methoxy groups -OCH3 is 1. The summed E-state index contributed by atoms with van der Waals surface area (Å²) < 4.78 is 5.15. The molecule has 1 saturated carbocycles. The number of hydrogen-bond donors (Lipinski definition) is 0. The van der Waals surface area contributed by atoms with Gasteiger partial charge in [0.1, 0.15) is 0 Å². The highest BCUT2D eigenvalue weighted by molar-refractivity contribution is 5.59. The van der Waals surface area contributed by atoms with E-state index in [0.717, 1.165) is 37.9 Å². The molecule has 1 saturated heterocycles. The SMILES string of the molecule is COc1cc(N2CCN(C3CCC3)CC2)ccc1[N+](=O)[O-]. The third-order valence-electron chi connectivity index (χ3n) is 4.63. The minimum Gasteiger partial charge on any atom is -0.490 e.